The van der Waals surface area contributed by atoms with Crippen molar-refractivity contribution in [1.82, 2.24) is 5.32 Å². The van der Waals surface area contributed by atoms with Crippen LogP contribution in [0.1, 0.15) is 79.0 Å². The summed E-state index contributed by atoms with van der Waals surface area (Å²) >= 11 is 0. The largest absolute Gasteiger partial charge is 1.00 e. The van der Waals surface area contributed by atoms with Gasteiger partial charge in [0.1, 0.15) is 0 Å². The number of ether oxygens (including phenoxy) is 1. The molecule has 0 atom stereocenters. The van der Waals surface area contributed by atoms with Crippen LogP contribution in [-0.4, -0.2) is 25.5 Å². The summed E-state index contributed by atoms with van der Waals surface area (Å²) in [5.41, 5.74) is 0. The summed E-state index contributed by atoms with van der Waals surface area (Å²) in [6.07, 6.45) is 12.1. The summed E-state index contributed by atoms with van der Waals surface area (Å²) in [5.74, 6) is -0.245. The molecule has 21 heavy (non-hydrogen) atoms. The van der Waals surface area contributed by atoms with Crippen LogP contribution >= 0.6 is 0 Å². The molecule has 120 valence electrons. The Hall–Kier alpha value is -0.0600. The smallest absolute Gasteiger partial charge is 1.00 e. The van der Waals surface area contributed by atoms with Crippen molar-refractivity contribution in [2.75, 3.05) is 13.7 Å². The zero-order chi connectivity index (χ0) is 15.1. The molecule has 0 saturated carbocycles. The maximum atomic E-state index is 11.5. The van der Waals surface area contributed by atoms with E-state index in [1.807, 2.05) is 0 Å². The molecule has 0 fully saturated rings. The third-order valence-electron chi connectivity index (χ3n) is 3.39. The van der Waals surface area contributed by atoms with E-state index in [2.05, 4.69) is 17.0 Å². The van der Waals surface area contributed by atoms with Crippen molar-refractivity contribution >= 4 is 11.9 Å². The average Bonchev–Trinajstić information content (AvgIpc) is 2.45. The van der Waals surface area contributed by atoms with Gasteiger partial charge in [-0.2, -0.15) is 0 Å². The number of unbranched alkanes of at least 4 members (excludes halogenated alkanes) is 8. The van der Waals surface area contributed by atoms with Crippen LogP contribution in [-0.2, 0) is 14.3 Å². The van der Waals surface area contributed by atoms with Gasteiger partial charge < -0.3 is 11.5 Å². The molecule has 0 aromatic carbocycles. The Labute approximate surface area is 153 Å². The number of methoxy groups -OCH3 is 1. The number of hydrogen-bond donors (Lipinski definition) is 1. The minimum absolute atomic E-state index is 0. The Kier molecular flexibility index (Phi) is 19.9. The third-order valence-corrected chi connectivity index (χ3v) is 3.39. The predicted molar refractivity (Wildman–Crippen MR) is 82.6 cm³/mol. The van der Waals surface area contributed by atoms with Gasteiger partial charge in [0, 0.05) is 13.0 Å². The second-order valence-corrected chi connectivity index (χ2v) is 5.25. The first-order valence-corrected chi connectivity index (χ1v) is 8.04. The van der Waals surface area contributed by atoms with Crippen molar-refractivity contribution < 1.29 is 45.3 Å². The zero-order valence-corrected chi connectivity index (χ0v) is 16.2. The predicted octanol–water partition coefficient (Wildman–Crippen LogP) is 0.703. The van der Waals surface area contributed by atoms with E-state index in [0.29, 0.717) is 13.0 Å². The van der Waals surface area contributed by atoms with Crippen LogP contribution < -0.4 is 34.9 Å². The molecule has 0 heterocycles. The monoisotopic (exact) mass is 309 g/mol. The Morgan fingerprint density at radius 2 is 1.43 bits per heavy atom. The minimum atomic E-state index is -0.284. The summed E-state index contributed by atoms with van der Waals surface area (Å²) in [7, 11) is 1.35. The molecule has 0 saturated heterocycles. The van der Waals surface area contributed by atoms with Crippen molar-refractivity contribution in [2.45, 2.75) is 77.6 Å². The van der Waals surface area contributed by atoms with E-state index < -0.39 is 0 Å². The molecule has 1 N–H and O–H groups in total. The van der Waals surface area contributed by atoms with Crippen molar-refractivity contribution in [3.05, 3.63) is 0 Å². The Morgan fingerprint density at radius 1 is 0.905 bits per heavy atom. The molecule has 4 nitrogen and oxygen atoms in total. The van der Waals surface area contributed by atoms with E-state index in [1.54, 1.807) is 0 Å². The number of rotatable bonds is 13. The first-order chi connectivity index (χ1) is 9.70. The summed E-state index contributed by atoms with van der Waals surface area (Å²) < 4.78 is 4.50. The molecule has 0 rings (SSSR count). The number of esters is 1. The van der Waals surface area contributed by atoms with Crippen molar-refractivity contribution in [2.24, 2.45) is 0 Å². The summed E-state index contributed by atoms with van der Waals surface area (Å²) in [6.45, 7) is 2.61. The molecule has 0 aliphatic rings. The molecule has 1 amide bonds. The molecule has 0 bridgehead atoms. The first-order valence-electron chi connectivity index (χ1n) is 8.04. The maximum absolute atomic E-state index is 11.5. The van der Waals surface area contributed by atoms with Crippen LogP contribution in [0.2, 0.25) is 0 Å². The fourth-order valence-electron chi connectivity index (χ4n) is 2.09. The van der Waals surface area contributed by atoms with Gasteiger partial charge in [0.15, 0.2) is 0 Å². The van der Waals surface area contributed by atoms with Gasteiger partial charge in [-0.1, -0.05) is 58.3 Å². The van der Waals surface area contributed by atoms with E-state index >= 15 is 0 Å². The van der Waals surface area contributed by atoms with Gasteiger partial charge in [-0.3, -0.25) is 9.59 Å². The van der Waals surface area contributed by atoms with E-state index in [-0.39, 0.29) is 49.3 Å². The molecule has 0 unspecified atom stereocenters. The molecule has 0 aliphatic heterocycles. The van der Waals surface area contributed by atoms with Gasteiger partial charge in [-0.25, -0.2) is 0 Å². The van der Waals surface area contributed by atoms with Gasteiger partial charge in [0.2, 0.25) is 5.91 Å². The van der Waals surface area contributed by atoms with Crippen LogP contribution in [0, 0.1) is 0 Å². The van der Waals surface area contributed by atoms with Crippen molar-refractivity contribution in [1.29, 1.82) is 0 Å². The molecule has 0 aliphatic carbocycles. The number of carbonyl (C=O) groups is 2. The Bertz CT molecular complexity index is 266. The van der Waals surface area contributed by atoms with Crippen LogP contribution in [0.4, 0.5) is 0 Å². The molecular formula is C16H32NNaO3. The number of carbonyl (C=O) groups excluding carboxylic acids is 2. The Morgan fingerprint density at radius 3 is 1.95 bits per heavy atom. The summed E-state index contributed by atoms with van der Waals surface area (Å²) in [5, 5.41) is 2.73. The molecular weight excluding hydrogens is 277 g/mol. The van der Waals surface area contributed by atoms with Gasteiger partial charge in [0.05, 0.1) is 13.5 Å². The zero-order valence-electron chi connectivity index (χ0n) is 15.2. The number of nitrogens with one attached hydrogen (secondary N) is 1. The standard InChI is InChI=1S/C16H31NO3.Na.H/c1-3-4-5-6-7-8-9-10-11-12-15(18)17-14-13-16(19)20-2;;/h3-14H2,1-2H3,(H,17,18);;/q;+1;-1. The quantitative estimate of drug-likeness (QED) is 0.310. The van der Waals surface area contributed by atoms with Gasteiger partial charge >= 0.3 is 35.5 Å². The van der Waals surface area contributed by atoms with Crippen LogP contribution in [0.25, 0.3) is 0 Å². The van der Waals surface area contributed by atoms with E-state index in [9.17, 15) is 9.59 Å². The second-order valence-electron chi connectivity index (χ2n) is 5.25. The first kappa shape index (κ1) is 23.2. The van der Waals surface area contributed by atoms with E-state index in [1.165, 1.54) is 52.1 Å². The Balaban J connectivity index is -0.00000180. The average molecular weight is 309 g/mol. The van der Waals surface area contributed by atoms with Gasteiger partial charge in [-0.05, 0) is 6.42 Å². The van der Waals surface area contributed by atoms with Crippen LogP contribution in [0.3, 0.4) is 0 Å². The van der Waals surface area contributed by atoms with Crippen molar-refractivity contribution in [3.63, 3.8) is 0 Å². The summed E-state index contributed by atoms with van der Waals surface area (Å²) in [6, 6.07) is 0. The van der Waals surface area contributed by atoms with Crippen LogP contribution in [0.5, 0.6) is 0 Å². The van der Waals surface area contributed by atoms with E-state index in [4.69, 9.17) is 0 Å². The minimum Gasteiger partial charge on any atom is -1.00 e. The SMILES string of the molecule is CCCCCCCCCCCC(=O)NCCC(=O)OC.[H-].[Na+]. The fraction of sp³-hybridized carbons (Fsp3) is 0.875. The normalized spacial score (nSPS) is 9.81. The third kappa shape index (κ3) is 17.9. The van der Waals surface area contributed by atoms with Crippen LogP contribution in [0.15, 0.2) is 0 Å². The van der Waals surface area contributed by atoms with Crippen molar-refractivity contribution in [3.8, 4) is 0 Å². The van der Waals surface area contributed by atoms with Gasteiger partial charge in [-0.15, -0.1) is 0 Å². The van der Waals surface area contributed by atoms with Gasteiger partial charge in [0.25, 0.3) is 0 Å². The fourth-order valence-corrected chi connectivity index (χ4v) is 2.09. The molecule has 0 spiro atoms. The topological polar surface area (TPSA) is 55.4 Å². The number of amides is 1. The molecule has 5 heteroatoms. The molecule has 0 aromatic heterocycles. The maximum Gasteiger partial charge on any atom is 1.00 e. The summed E-state index contributed by atoms with van der Waals surface area (Å²) in [4.78, 5) is 22.3. The van der Waals surface area contributed by atoms with E-state index in [0.717, 1.165) is 12.8 Å². The molecule has 0 aromatic rings. The second kappa shape index (κ2) is 18.0. The molecule has 0 radical (unpaired) electrons. The number of hydrogen-bond acceptors (Lipinski definition) is 3.